The standard InChI is InChI=1S/C13H10BrF3N2O/c1-7-4-9(14)12(19-6-7)20-11-3-2-8(5-10(11)18)13(15,16)17/h2-6H,18H2,1H3. The fraction of sp³-hybridized carbons (Fsp3) is 0.154. The number of pyridine rings is 1. The second-order valence-electron chi connectivity index (χ2n) is 4.15. The van der Waals surface area contributed by atoms with Crippen LogP contribution in [0.3, 0.4) is 0 Å². The summed E-state index contributed by atoms with van der Waals surface area (Å²) in [5.74, 6) is 0.358. The van der Waals surface area contributed by atoms with Crippen LogP contribution in [0.25, 0.3) is 0 Å². The third-order valence-corrected chi connectivity index (χ3v) is 3.06. The molecular weight excluding hydrogens is 337 g/mol. The van der Waals surface area contributed by atoms with Gasteiger partial charge >= 0.3 is 6.18 Å². The summed E-state index contributed by atoms with van der Waals surface area (Å²) in [5, 5.41) is 0. The van der Waals surface area contributed by atoms with Gasteiger partial charge in [0.05, 0.1) is 15.7 Å². The van der Waals surface area contributed by atoms with Crippen molar-refractivity contribution in [3.05, 3.63) is 46.1 Å². The van der Waals surface area contributed by atoms with E-state index < -0.39 is 11.7 Å². The molecule has 0 aliphatic heterocycles. The average Bonchev–Trinajstić information content (AvgIpc) is 2.33. The number of hydrogen-bond donors (Lipinski definition) is 1. The van der Waals surface area contributed by atoms with Crippen LogP contribution in [-0.4, -0.2) is 4.98 Å². The van der Waals surface area contributed by atoms with E-state index in [0.29, 0.717) is 4.47 Å². The van der Waals surface area contributed by atoms with Crippen molar-refractivity contribution in [2.24, 2.45) is 0 Å². The van der Waals surface area contributed by atoms with E-state index in [2.05, 4.69) is 20.9 Å². The molecule has 20 heavy (non-hydrogen) atoms. The zero-order valence-electron chi connectivity index (χ0n) is 10.3. The molecular formula is C13H10BrF3N2O. The maximum absolute atomic E-state index is 12.5. The van der Waals surface area contributed by atoms with E-state index in [1.807, 2.05) is 6.92 Å². The van der Waals surface area contributed by atoms with Crippen LogP contribution in [0.2, 0.25) is 0 Å². The lowest BCUT2D eigenvalue weighted by molar-refractivity contribution is -0.137. The summed E-state index contributed by atoms with van der Waals surface area (Å²) >= 11 is 3.27. The Hall–Kier alpha value is -1.76. The Bertz CT molecular complexity index is 644. The van der Waals surface area contributed by atoms with E-state index in [1.165, 1.54) is 6.07 Å². The molecule has 3 nitrogen and oxygen atoms in total. The van der Waals surface area contributed by atoms with Gasteiger partial charge in [0, 0.05) is 6.20 Å². The lowest BCUT2D eigenvalue weighted by Gasteiger charge is -2.12. The molecule has 2 rings (SSSR count). The van der Waals surface area contributed by atoms with Gasteiger partial charge in [-0.2, -0.15) is 13.2 Å². The van der Waals surface area contributed by atoms with Gasteiger partial charge in [0.2, 0.25) is 5.88 Å². The van der Waals surface area contributed by atoms with E-state index in [9.17, 15) is 13.2 Å². The molecule has 1 aromatic heterocycles. The van der Waals surface area contributed by atoms with Crippen molar-refractivity contribution in [3.8, 4) is 11.6 Å². The second-order valence-corrected chi connectivity index (χ2v) is 5.01. The lowest BCUT2D eigenvalue weighted by atomic mass is 10.2. The molecule has 0 aliphatic rings. The number of benzene rings is 1. The molecule has 0 saturated carbocycles. The van der Waals surface area contributed by atoms with Crippen LogP contribution in [0.15, 0.2) is 34.9 Å². The molecule has 2 aromatic rings. The van der Waals surface area contributed by atoms with Gasteiger partial charge < -0.3 is 10.5 Å². The molecule has 1 aromatic carbocycles. The van der Waals surface area contributed by atoms with Crippen LogP contribution in [0, 0.1) is 6.92 Å². The van der Waals surface area contributed by atoms with Gasteiger partial charge in [-0.15, -0.1) is 0 Å². The predicted molar refractivity (Wildman–Crippen MR) is 72.6 cm³/mol. The molecule has 1 heterocycles. The van der Waals surface area contributed by atoms with Gasteiger partial charge in [0.25, 0.3) is 0 Å². The maximum Gasteiger partial charge on any atom is 0.416 e. The molecule has 0 spiro atoms. The fourth-order valence-electron chi connectivity index (χ4n) is 1.52. The average molecular weight is 347 g/mol. The molecule has 0 bridgehead atoms. The van der Waals surface area contributed by atoms with Crippen molar-refractivity contribution < 1.29 is 17.9 Å². The zero-order chi connectivity index (χ0) is 14.9. The highest BCUT2D eigenvalue weighted by atomic mass is 79.9. The minimum Gasteiger partial charge on any atom is -0.436 e. The molecule has 2 N–H and O–H groups in total. The quantitative estimate of drug-likeness (QED) is 0.811. The maximum atomic E-state index is 12.5. The normalized spacial score (nSPS) is 11.4. The number of ether oxygens (including phenoxy) is 1. The summed E-state index contributed by atoms with van der Waals surface area (Å²) in [6, 6.07) is 4.69. The van der Waals surface area contributed by atoms with E-state index in [4.69, 9.17) is 10.5 Å². The van der Waals surface area contributed by atoms with E-state index >= 15 is 0 Å². The fourth-order valence-corrected chi connectivity index (χ4v) is 2.06. The molecule has 0 radical (unpaired) electrons. The SMILES string of the molecule is Cc1cnc(Oc2ccc(C(F)(F)F)cc2N)c(Br)c1. The van der Waals surface area contributed by atoms with E-state index in [0.717, 1.165) is 17.7 Å². The first kappa shape index (κ1) is 14.6. The van der Waals surface area contributed by atoms with Gasteiger partial charge in [-0.1, -0.05) is 0 Å². The number of hydrogen-bond acceptors (Lipinski definition) is 3. The number of nitrogen functional groups attached to an aromatic ring is 1. The molecule has 7 heteroatoms. The number of rotatable bonds is 2. The number of aryl methyl sites for hydroxylation is 1. The minimum atomic E-state index is -4.44. The predicted octanol–water partition coefficient (Wildman–Crippen LogP) is 4.55. The zero-order valence-corrected chi connectivity index (χ0v) is 11.9. The summed E-state index contributed by atoms with van der Waals surface area (Å²) < 4.78 is 43.6. The molecule has 106 valence electrons. The van der Waals surface area contributed by atoms with Crippen molar-refractivity contribution in [3.63, 3.8) is 0 Å². The number of anilines is 1. The van der Waals surface area contributed by atoms with Crippen LogP contribution in [0.1, 0.15) is 11.1 Å². The smallest absolute Gasteiger partial charge is 0.416 e. The van der Waals surface area contributed by atoms with Crippen LogP contribution in [0.4, 0.5) is 18.9 Å². The second kappa shape index (κ2) is 5.32. The molecule has 0 atom stereocenters. The van der Waals surface area contributed by atoms with Crippen LogP contribution < -0.4 is 10.5 Å². The number of alkyl halides is 3. The first-order valence-electron chi connectivity index (χ1n) is 5.54. The van der Waals surface area contributed by atoms with Crippen molar-refractivity contribution in [1.82, 2.24) is 4.98 Å². The van der Waals surface area contributed by atoms with Crippen LogP contribution in [0.5, 0.6) is 11.6 Å². The molecule has 0 fully saturated rings. The first-order chi connectivity index (χ1) is 9.27. The summed E-state index contributed by atoms with van der Waals surface area (Å²) in [6.07, 6.45) is -2.85. The highest BCUT2D eigenvalue weighted by molar-refractivity contribution is 9.10. The molecule has 0 saturated heterocycles. The number of aromatic nitrogens is 1. The van der Waals surface area contributed by atoms with Gasteiger partial charge in [-0.3, -0.25) is 0 Å². The topological polar surface area (TPSA) is 48.1 Å². The van der Waals surface area contributed by atoms with Crippen molar-refractivity contribution in [2.45, 2.75) is 13.1 Å². The Morgan fingerprint density at radius 1 is 1.25 bits per heavy atom. The monoisotopic (exact) mass is 346 g/mol. The lowest BCUT2D eigenvalue weighted by Crippen LogP contribution is -2.06. The van der Waals surface area contributed by atoms with Crippen LogP contribution in [-0.2, 0) is 6.18 Å². The third kappa shape index (κ3) is 3.22. The van der Waals surface area contributed by atoms with E-state index in [1.54, 1.807) is 12.3 Å². The Morgan fingerprint density at radius 3 is 2.50 bits per heavy atom. The summed E-state index contributed by atoms with van der Waals surface area (Å²) in [4.78, 5) is 4.04. The van der Waals surface area contributed by atoms with Crippen LogP contribution >= 0.6 is 15.9 Å². The third-order valence-electron chi connectivity index (χ3n) is 2.49. The molecule has 0 aliphatic carbocycles. The number of nitrogens with two attached hydrogens (primary N) is 1. The van der Waals surface area contributed by atoms with Gasteiger partial charge in [-0.05, 0) is 52.7 Å². The number of nitrogens with zero attached hydrogens (tertiary/aromatic N) is 1. The van der Waals surface area contributed by atoms with Gasteiger partial charge in [-0.25, -0.2) is 4.98 Å². The number of halogens is 4. The summed E-state index contributed by atoms with van der Waals surface area (Å²) in [7, 11) is 0. The van der Waals surface area contributed by atoms with Gasteiger partial charge in [0.1, 0.15) is 0 Å². The Kier molecular flexibility index (Phi) is 3.89. The minimum absolute atomic E-state index is 0.103. The van der Waals surface area contributed by atoms with Gasteiger partial charge in [0.15, 0.2) is 5.75 Å². The highest BCUT2D eigenvalue weighted by Crippen LogP contribution is 2.36. The van der Waals surface area contributed by atoms with Crippen molar-refractivity contribution >= 4 is 21.6 Å². The Labute approximate surface area is 121 Å². The van der Waals surface area contributed by atoms with E-state index in [-0.39, 0.29) is 17.3 Å². The largest absolute Gasteiger partial charge is 0.436 e. The Balaban J connectivity index is 2.30. The van der Waals surface area contributed by atoms with Crippen molar-refractivity contribution in [2.75, 3.05) is 5.73 Å². The Morgan fingerprint density at radius 2 is 1.95 bits per heavy atom. The molecule has 0 amide bonds. The highest BCUT2D eigenvalue weighted by Gasteiger charge is 2.31. The molecule has 0 unspecified atom stereocenters. The summed E-state index contributed by atoms with van der Waals surface area (Å²) in [5.41, 5.74) is 5.58. The van der Waals surface area contributed by atoms with Crippen molar-refractivity contribution in [1.29, 1.82) is 0 Å². The summed E-state index contributed by atoms with van der Waals surface area (Å²) in [6.45, 7) is 1.86. The first-order valence-corrected chi connectivity index (χ1v) is 6.33.